The first-order chi connectivity index (χ1) is 7.72. The highest BCUT2D eigenvalue weighted by Gasteiger charge is 2.11. The number of nitrogens with one attached hydrogen (secondary N) is 1. The van der Waals surface area contributed by atoms with E-state index in [9.17, 15) is 0 Å². The zero-order chi connectivity index (χ0) is 11.5. The minimum Gasteiger partial charge on any atom is -0.382 e. The van der Waals surface area contributed by atoms with Gasteiger partial charge in [0, 0.05) is 4.88 Å². The number of nitriles is 1. The second-order valence-electron chi connectivity index (χ2n) is 3.10. The highest BCUT2D eigenvalue weighted by Crippen LogP contribution is 2.26. The van der Waals surface area contributed by atoms with Gasteiger partial charge in [0.15, 0.2) is 5.82 Å². The molecule has 0 radical (unpaired) electrons. The molecule has 0 bridgehead atoms. The summed E-state index contributed by atoms with van der Waals surface area (Å²) in [5, 5.41) is 12.8. The van der Waals surface area contributed by atoms with Crippen LogP contribution >= 0.6 is 22.9 Å². The van der Waals surface area contributed by atoms with Gasteiger partial charge < -0.3 is 11.1 Å². The number of thiazole rings is 1. The summed E-state index contributed by atoms with van der Waals surface area (Å²) in [7, 11) is 0. The number of aryl methyl sites for hydroxylation is 1. The molecule has 0 spiro atoms. The summed E-state index contributed by atoms with van der Waals surface area (Å²) in [6.45, 7) is 2.60. The molecule has 0 atom stereocenters. The van der Waals surface area contributed by atoms with Crippen LogP contribution in [-0.4, -0.2) is 9.36 Å². The number of nitrogens with two attached hydrogens (primary N) is 1. The standard InChI is InChI=1S/C9H9N5S2/c1-5-7(15-4-13-5)3-12-9-6(2-10)8(11)14-16-9/h4,12H,3H2,1H3,(H2,11,14). The average Bonchev–Trinajstić information content (AvgIpc) is 2.82. The quantitative estimate of drug-likeness (QED) is 0.870. The van der Waals surface area contributed by atoms with Gasteiger partial charge in [0.2, 0.25) is 0 Å². The minimum atomic E-state index is 0.288. The second kappa shape index (κ2) is 4.47. The molecule has 2 aromatic rings. The van der Waals surface area contributed by atoms with Gasteiger partial charge in [-0.2, -0.15) is 9.64 Å². The van der Waals surface area contributed by atoms with Gasteiger partial charge in [0.05, 0.1) is 17.7 Å². The molecule has 2 aromatic heterocycles. The molecule has 0 aliphatic rings. The van der Waals surface area contributed by atoms with Crippen molar-refractivity contribution >= 4 is 33.7 Å². The molecule has 0 fully saturated rings. The fraction of sp³-hybridized carbons (Fsp3) is 0.222. The van der Waals surface area contributed by atoms with Crippen LogP contribution in [0, 0.1) is 18.3 Å². The van der Waals surface area contributed by atoms with Crippen molar-refractivity contribution in [2.45, 2.75) is 13.5 Å². The van der Waals surface area contributed by atoms with Crippen LogP contribution in [0.25, 0.3) is 0 Å². The Morgan fingerprint density at radius 2 is 2.44 bits per heavy atom. The monoisotopic (exact) mass is 251 g/mol. The van der Waals surface area contributed by atoms with Gasteiger partial charge in [-0.3, -0.25) is 0 Å². The Labute approximate surface area is 101 Å². The fourth-order valence-corrected chi connectivity index (χ4v) is 2.56. The Hall–Kier alpha value is -1.65. The molecule has 0 aromatic carbocycles. The minimum absolute atomic E-state index is 0.288. The largest absolute Gasteiger partial charge is 0.382 e. The van der Waals surface area contributed by atoms with Crippen molar-refractivity contribution in [3.63, 3.8) is 0 Å². The first kappa shape index (κ1) is 10.9. The highest BCUT2D eigenvalue weighted by molar-refractivity contribution is 7.11. The van der Waals surface area contributed by atoms with E-state index in [4.69, 9.17) is 11.0 Å². The lowest BCUT2D eigenvalue weighted by atomic mass is 10.3. The van der Waals surface area contributed by atoms with Gasteiger partial charge in [-0.1, -0.05) is 0 Å². The van der Waals surface area contributed by atoms with Crippen LogP contribution in [0.15, 0.2) is 5.51 Å². The Morgan fingerprint density at radius 3 is 3.06 bits per heavy atom. The van der Waals surface area contributed by atoms with Crippen LogP contribution < -0.4 is 11.1 Å². The molecular formula is C9H9N5S2. The van der Waals surface area contributed by atoms with E-state index in [1.54, 1.807) is 16.8 Å². The molecule has 0 unspecified atom stereocenters. The van der Waals surface area contributed by atoms with Crippen LogP contribution in [0.1, 0.15) is 16.1 Å². The van der Waals surface area contributed by atoms with Gasteiger partial charge in [0.25, 0.3) is 0 Å². The average molecular weight is 251 g/mol. The highest BCUT2D eigenvalue weighted by atomic mass is 32.1. The van der Waals surface area contributed by atoms with E-state index in [-0.39, 0.29) is 5.82 Å². The second-order valence-corrected chi connectivity index (χ2v) is 4.81. The molecule has 7 heteroatoms. The van der Waals surface area contributed by atoms with Gasteiger partial charge in [-0.05, 0) is 18.5 Å². The zero-order valence-electron chi connectivity index (χ0n) is 8.52. The first-order valence-corrected chi connectivity index (χ1v) is 6.15. The third kappa shape index (κ3) is 1.98. The summed E-state index contributed by atoms with van der Waals surface area (Å²) in [6, 6.07) is 2.04. The third-order valence-corrected chi connectivity index (χ3v) is 3.84. The number of rotatable bonds is 3. The molecule has 0 aliphatic heterocycles. The molecule has 2 heterocycles. The van der Waals surface area contributed by atoms with Gasteiger partial charge in [-0.15, -0.1) is 11.3 Å². The summed E-state index contributed by atoms with van der Waals surface area (Å²) < 4.78 is 3.93. The lowest BCUT2D eigenvalue weighted by Gasteiger charge is -2.01. The lowest BCUT2D eigenvalue weighted by molar-refractivity contribution is 1.13. The van der Waals surface area contributed by atoms with Crippen LogP contribution in [-0.2, 0) is 6.54 Å². The normalized spacial score (nSPS) is 10.0. The number of nitrogen functional groups attached to an aromatic ring is 1. The third-order valence-electron chi connectivity index (χ3n) is 2.08. The van der Waals surface area contributed by atoms with Gasteiger partial charge in [0.1, 0.15) is 16.6 Å². The van der Waals surface area contributed by atoms with E-state index < -0.39 is 0 Å². The molecule has 0 aliphatic carbocycles. The topological polar surface area (TPSA) is 87.6 Å². The van der Waals surface area contributed by atoms with Crippen LogP contribution in [0.3, 0.4) is 0 Å². The summed E-state index contributed by atoms with van der Waals surface area (Å²) in [5.41, 5.74) is 8.79. The number of hydrogen-bond donors (Lipinski definition) is 2. The number of anilines is 2. The molecule has 3 N–H and O–H groups in total. The maximum atomic E-state index is 8.89. The molecule has 82 valence electrons. The molecule has 16 heavy (non-hydrogen) atoms. The summed E-state index contributed by atoms with van der Waals surface area (Å²) in [6.07, 6.45) is 0. The Balaban J connectivity index is 2.11. The van der Waals surface area contributed by atoms with Gasteiger partial charge >= 0.3 is 0 Å². The van der Waals surface area contributed by atoms with E-state index in [2.05, 4.69) is 14.7 Å². The molecular weight excluding hydrogens is 242 g/mol. The van der Waals surface area contributed by atoms with Crippen LogP contribution in [0.4, 0.5) is 10.8 Å². The molecule has 0 saturated heterocycles. The molecule has 5 nitrogen and oxygen atoms in total. The smallest absolute Gasteiger partial charge is 0.157 e. The Kier molecular flexibility index (Phi) is 3.03. The SMILES string of the molecule is Cc1ncsc1CNc1snc(N)c1C#N. The Bertz CT molecular complexity index is 536. The van der Waals surface area contributed by atoms with Crippen molar-refractivity contribution in [1.82, 2.24) is 9.36 Å². The molecule has 2 rings (SSSR count). The van der Waals surface area contributed by atoms with Crippen LogP contribution in [0.2, 0.25) is 0 Å². The van der Waals surface area contributed by atoms with Crippen molar-refractivity contribution in [1.29, 1.82) is 5.26 Å². The predicted molar refractivity (Wildman–Crippen MR) is 65.4 cm³/mol. The van der Waals surface area contributed by atoms with E-state index in [0.29, 0.717) is 17.1 Å². The van der Waals surface area contributed by atoms with E-state index >= 15 is 0 Å². The maximum Gasteiger partial charge on any atom is 0.157 e. The molecule has 0 amide bonds. The zero-order valence-corrected chi connectivity index (χ0v) is 10.2. The Morgan fingerprint density at radius 1 is 1.62 bits per heavy atom. The maximum absolute atomic E-state index is 8.89. The number of nitrogens with zero attached hydrogens (tertiary/aromatic N) is 3. The summed E-state index contributed by atoms with van der Waals surface area (Å²) in [4.78, 5) is 5.30. The summed E-state index contributed by atoms with van der Waals surface area (Å²) >= 11 is 2.79. The van der Waals surface area contributed by atoms with Crippen LogP contribution in [0.5, 0.6) is 0 Å². The summed E-state index contributed by atoms with van der Waals surface area (Å²) in [5.74, 6) is 0.288. The number of hydrogen-bond acceptors (Lipinski definition) is 7. The van der Waals surface area contributed by atoms with Crippen molar-refractivity contribution in [3.8, 4) is 6.07 Å². The first-order valence-electron chi connectivity index (χ1n) is 4.50. The van der Waals surface area contributed by atoms with E-state index in [1.165, 1.54) is 11.5 Å². The number of aromatic nitrogens is 2. The van der Waals surface area contributed by atoms with Gasteiger partial charge in [-0.25, -0.2) is 4.98 Å². The van der Waals surface area contributed by atoms with Crippen molar-refractivity contribution in [2.75, 3.05) is 11.1 Å². The van der Waals surface area contributed by atoms with Crippen molar-refractivity contribution in [2.24, 2.45) is 0 Å². The van der Waals surface area contributed by atoms with Crippen molar-refractivity contribution < 1.29 is 0 Å². The van der Waals surface area contributed by atoms with E-state index in [1.807, 2.05) is 13.0 Å². The lowest BCUT2D eigenvalue weighted by Crippen LogP contribution is -1.99. The fourth-order valence-electron chi connectivity index (χ4n) is 1.19. The van der Waals surface area contributed by atoms with E-state index in [0.717, 1.165) is 10.6 Å². The predicted octanol–water partition coefficient (Wildman–Crippen LogP) is 1.97. The van der Waals surface area contributed by atoms with Crippen molar-refractivity contribution in [3.05, 3.63) is 21.6 Å². The molecule has 0 saturated carbocycles.